The maximum atomic E-state index is 10.0. The minimum absolute atomic E-state index is 0.258. The fraction of sp³-hybridized carbons (Fsp3) is 0.0526. The first kappa shape index (κ1) is 13.3. The molecule has 0 saturated carbocycles. The zero-order valence-electron chi connectivity index (χ0n) is 11.6. The van der Waals surface area contributed by atoms with Crippen LogP contribution in [0.25, 0.3) is 11.1 Å². The highest BCUT2D eigenvalue weighted by atomic mass is 16.5. The van der Waals surface area contributed by atoms with E-state index in [-0.39, 0.29) is 5.75 Å². The quantitative estimate of drug-likeness (QED) is 0.752. The van der Waals surface area contributed by atoms with Crippen LogP contribution in [0.3, 0.4) is 0 Å². The molecule has 0 spiro atoms. The van der Waals surface area contributed by atoms with Gasteiger partial charge in [-0.25, -0.2) is 0 Å². The highest BCUT2D eigenvalue weighted by Crippen LogP contribution is 2.32. The molecule has 0 aliphatic carbocycles. The summed E-state index contributed by atoms with van der Waals surface area (Å²) in [4.78, 5) is 0. The highest BCUT2D eigenvalue weighted by Gasteiger charge is 2.06. The molecule has 2 nitrogen and oxygen atoms in total. The highest BCUT2D eigenvalue weighted by molar-refractivity contribution is 5.71. The van der Waals surface area contributed by atoms with Crippen LogP contribution in [0.1, 0.15) is 5.56 Å². The molecule has 104 valence electrons. The van der Waals surface area contributed by atoms with E-state index in [1.807, 2.05) is 66.7 Å². The van der Waals surface area contributed by atoms with Gasteiger partial charge in [0.05, 0.1) is 0 Å². The van der Waals surface area contributed by atoms with Gasteiger partial charge < -0.3 is 9.84 Å². The van der Waals surface area contributed by atoms with Gasteiger partial charge in [-0.1, -0.05) is 60.7 Å². The number of phenols is 1. The largest absolute Gasteiger partial charge is 0.507 e. The van der Waals surface area contributed by atoms with Crippen molar-refractivity contribution in [3.8, 4) is 22.6 Å². The van der Waals surface area contributed by atoms with Crippen molar-refractivity contribution in [1.29, 1.82) is 0 Å². The summed E-state index contributed by atoms with van der Waals surface area (Å²) in [6.07, 6.45) is 0. The Hall–Kier alpha value is -2.74. The first-order chi connectivity index (χ1) is 10.3. The van der Waals surface area contributed by atoms with Crippen LogP contribution in [0.4, 0.5) is 0 Å². The van der Waals surface area contributed by atoms with Gasteiger partial charge in [0, 0.05) is 5.56 Å². The average molecular weight is 276 g/mol. The van der Waals surface area contributed by atoms with Crippen LogP contribution in [0.5, 0.6) is 11.5 Å². The van der Waals surface area contributed by atoms with E-state index in [1.165, 1.54) is 0 Å². The summed E-state index contributed by atoms with van der Waals surface area (Å²) >= 11 is 0. The van der Waals surface area contributed by atoms with Crippen LogP contribution in [-0.2, 0) is 6.61 Å². The van der Waals surface area contributed by atoms with Gasteiger partial charge in [-0.15, -0.1) is 0 Å². The summed E-state index contributed by atoms with van der Waals surface area (Å²) < 4.78 is 5.80. The standard InChI is InChI=1S/C19H16O2/c20-19-12-11-17(21-14-15-7-3-1-4-8-15)13-18(19)16-9-5-2-6-10-16/h1-13,20H,14H2. The molecule has 0 saturated heterocycles. The Morgan fingerprint density at radius 2 is 1.43 bits per heavy atom. The summed E-state index contributed by atoms with van der Waals surface area (Å²) in [5, 5.41) is 10.0. The maximum Gasteiger partial charge on any atom is 0.123 e. The van der Waals surface area contributed by atoms with Crippen LogP contribution in [0.15, 0.2) is 78.9 Å². The van der Waals surface area contributed by atoms with Crippen LogP contribution in [0, 0.1) is 0 Å². The molecule has 3 rings (SSSR count). The fourth-order valence-electron chi connectivity index (χ4n) is 2.19. The molecule has 21 heavy (non-hydrogen) atoms. The Kier molecular flexibility index (Phi) is 3.88. The fourth-order valence-corrected chi connectivity index (χ4v) is 2.19. The minimum Gasteiger partial charge on any atom is -0.507 e. The lowest BCUT2D eigenvalue weighted by molar-refractivity contribution is 0.306. The summed E-state index contributed by atoms with van der Waals surface area (Å²) in [7, 11) is 0. The van der Waals surface area contributed by atoms with E-state index in [2.05, 4.69) is 0 Å². The van der Waals surface area contributed by atoms with Crippen molar-refractivity contribution in [2.45, 2.75) is 6.61 Å². The molecule has 2 heteroatoms. The third-order valence-corrected chi connectivity index (χ3v) is 3.30. The Bertz CT molecular complexity index is 706. The van der Waals surface area contributed by atoms with Crippen molar-refractivity contribution < 1.29 is 9.84 Å². The van der Waals surface area contributed by atoms with Gasteiger partial charge >= 0.3 is 0 Å². The van der Waals surface area contributed by atoms with Gasteiger partial charge in [-0.05, 0) is 29.3 Å². The molecule has 0 fully saturated rings. The number of benzene rings is 3. The molecule has 0 radical (unpaired) electrons. The molecule has 0 aliphatic rings. The molecule has 0 heterocycles. The van der Waals surface area contributed by atoms with Crippen molar-refractivity contribution in [3.05, 3.63) is 84.4 Å². The second-order valence-corrected chi connectivity index (χ2v) is 4.82. The second kappa shape index (κ2) is 6.14. The predicted molar refractivity (Wildman–Crippen MR) is 84.3 cm³/mol. The van der Waals surface area contributed by atoms with Crippen LogP contribution in [0.2, 0.25) is 0 Å². The molecule has 3 aromatic carbocycles. The van der Waals surface area contributed by atoms with Gasteiger partial charge in [-0.2, -0.15) is 0 Å². The van der Waals surface area contributed by atoms with Gasteiger partial charge in [0.25, 0.3) is 0 Å². The van der Waals surface area contributed by atoms with E-state index in [4.69, 9.17) is 4.74 Å². The smallest absolute Gasteiger partial charge is 0.123 e. The lowest BCUT2D eigenvalue weighted by atomic mass is 10.0. The van der Waals surface area contributed by atoms with E-state index >= 15 is 0 Å². The van der Waals surface area contributed by atoms with Crippen molar-refractivity contribution >= 4 is 0 Å². The topological polar surface area (TPSA) is 29.5 Å². The molecular weight excluding hydrogens is 260 g/mol. The molecule has 1 N–H and O–H groups in total. The van der Waals surface area contributed by atoms with Crippen LogP contribution < -0.4 is 4.74 Å². The van der Waals surface area contributed by atoms with E-state index in [0.717, 1.165) is 22.4 Å². The number of hydrogen-bond donors (Lipinski definition) is 1. The first-order valence-electron chi connectivity index (χ1n) is 6.88. The molecule has 3 aromatic rings. The van der Waals surface area contributed by atoms with Gasteiger partial charge in [0.1, 0.15) is 18.1 Å². The molecule has 0 amide bonds. The van der Waals surface area contributed by atoms with E-state index < -0.39 is 0 Å². The summed E-state index contributed by atoms with van der Waals surface area (Å²) in [5.41, 5.74) is 2.87. The van der Waals surface area contributed by atoms with Gasteiger partial charge in [0.15, 0.2) is 0 Å². The van der Waals surface area contributed by atoms with E-state index in [0.29, 0.717) is 6.61 Å². The molecule has 0 bridgehead atoms. The van der Waals surface area contributed by atoms with Crippen molar-refractivity contribution in [2.75, 3.05) is 0 Å². The molecule has 0 aromatic heterocycles. The summed E-state index contributed by atoms with van der Waals surface area (Å²) in [6.45, 7) is 0.514. The average Bonchev–Trinajstić information content (AvgIpc) is 2.56. The number of rotatable bonds is 4. The molecule has 0 unspecified atom stereocenters. The Labute approximate surface area is 124 Å². The predicted octanol–water partition coefficient (Wildman–Crippen LogP) is 4.64. The summed E-state index contributed by atoms with van der Waals surface area (Å²) in [5.74, 6) is 1.00. The van der Waals surface area contributed by atoms with Crippen molar-refractivity contribution in [1.82, 2.24) is 0 Å². The summed E-state index contributed by atoms with van der Waals surface area (Å²) in [6, 6.07) is 25.1. The molecular formula is C19H16O2. The Balaban J connectivity index is 1.81. The van der Waals surface area contributed by atoms with Crippen molar-refractivity contribution in [3.63, 3.8) is 0 Å². The van der Waals surface area contributed by atoms with E-state index in [1.54, 1.807) is 12.1 Å². The minimum atomic E-state index is 0.258. The number of ether oxygens (including phenoxy) is 1. The first-order valence-corrected chi connectivity index (χ1v) is 6.88. The van der Waals surface area contributed by atoms with Gasteiger partial charge in [-0.3, -0.25) is 0 Å². The van der Waals surface area contributed by atoms with Gasteiger partial charge in [0.2, 0.25) is 0 Å². The third kappa shape index (κ3) is 3.23. The zero-order valence-corrected chi connectivity index (χ0v) is 11.6. The normalized spacial score (nSPS) is 10.3. The maximum absolute atomic E-state index is 10.0. The number of aromatic hydroxyl groups is 1. The number of phenolic OH excluding ortho intramolecular Hbond substituents is 1. The lowest BCUT2D eigenvalue weighted by Gasteiger charge is -2.10. The SMILES string of the molecule is Oc1ccc(OCc2ccccc2)cc1-c1ccccc1. The molecule has 0 atom stereocenters. The monoisotopic (exact) mass is 276 g/mol. The van der Waals surface area contributed by atoms with Crippen LogP contribution >= 0.6 is 0 Å². The van der Waals surface area contributed by atoms with Crippen LogP contribution in [-0.4, -0.2) is 5.11 Å². The second-order valence-electron chi connectivity index (χ2n) is 4.82. The zero-order chi connectivity index (χ0) is 14.5. The Morgan fingerprint density at radius 3 is 2.14 bits per heavy atom. The number of hydrogen-bond acceptors (Lipinski definition) is 2. The third-order valence-electron chi connectivity index (χ3n) is 3.30. The Morgan fingerprint density at radius 1 is 0.762 bits per heavy atom. The van der Waals surface area contributed by atoms with Crippen molar-refractivity contribution in [2.24, 2.45) is 0 Å². The van der Waals surface area contributed by atoms with E-state index in [9.17, 15) is 5.11 Å². The molecule has 0 aliphatic heterocycles. The lowest BCUT2D eigenvalue weighted by Crippen LogP contribution is -1.95.